The lowest BCUT2D eigenvalue weighted by atomic mass is 9.97. The van der Waals surface area contributed by atoms with Gasteiger partial charge >= 0.3 is 5.97 Å². The van der Waals surface area contributed by atoms with Crippen LogP contribution in [0.25, 0.3) is 11.1 Å². The molecular formula is C33H40O3S. The molecule has 0 aliphatic heterocycles. The molecule has 0 saturated heterocycles. The minimum absolute atomic E-state index is 0.0112. The predicted octanol–water partition coefficient (Wildman–Crippen LogP) is 9.72. The van der Waals surface area contributed by atoms with Gasteiger partial charge in [-0.25, -0.2) is 0 Å². The molecule has 0 fully saturated rings. The lowest BCUT2D eigenvalue weighted by Gasteiger charge is -2.18. The van der Waals surface area contributed by atoms with Gasteiger partial charge in [0.2, 0.25) is 0 Å². The third-order valence-electron chi connectivity index (χ3n) is 6.74. The second kappa shape index (κ2) is 14.8. The van der Waals surface area contributed by atoms with Gasteiger partial charge in [0.05, 0.1) is 0 Å². The Morgan fingerprint density at radius 2 is 1.51 bits per heavy atom. The summed E-state index contributed by atoms with van der Waals surface area (Å²) in [6.07, 6.45) is 6.66. The molecule has 4 heteroatoms. The van der Waals surface area contributed by atoms with Gasteiger partial charge in [-0.05, 0) is 53.1 Å². The van der Waals surface area contributed by atoms with Crippen molar-refractivity contribution in [2.24, 2.45) is 0 Å². The molecule has 0 heterocycles. The number of thioether (sulfide) groups is 1. The van der Waals surface area contributed by atoms with Crippen LogP contribution in [0.4, 0.5) is 0 Å². The molecule has 0 aliphatic carbocycles. The first-order valence-corrected chi connectivity index (χ1v) is 14.5. The van der Waals surface area contributed by atoms with E-state index in [1.165, 1.54) is 52.8 Å². The van der Waals surface area contributed by atoms with Gasteiger partial charge in [-0.1, -0.05) is 107 Å². The first kappa shape index (κ1) is 28.7. The van der Waals surface area contributed by atoms with Gasteiger partial charge in [0.15, 0.2) is 5.78 Å². The summed E-state index contributed by atoms with van der Waals surface area (Å²) in [7, 11) is 0. The molecule has 0 aliphatic rings. The van der Waals surface area contributed by atoms with Crippen LogP contribution >= 0.6 is 11.8 Å². The zero-order valence-electron chi connectivity index (χ0n) is 22.4. The van der Waals surface area contributed by atoms with E-state index in [1.54, 1.807) is 0 Å². The molecule has 3 aromatic rings. The molecular weight excluding hydrogens is 476 g/mol. The number of unbranched alkanes of at least 4 members (excludes halogenated alkanes) is 3. The van der Waals surface area contributed by atoms with E-state index in [4.69, 9.17) is 5.11 Å². The molecule has 0 aromatic heterocycles. The normalized spacial score (nSPS) is 12.0. The number of hydrogen-bond donors (Lipinski definition) is 1. The van der Waals surface area contributed by atoms with Crippen molar-refractivity contribution < 1.29 is 14.7 Å². The third kappa shape index (κ3) is 9.19. The van der Waals surface area contributed by atoms with Crippen molar-refractivity contribution in [3.8, 4) is 11.1 Å². The fourth-order valence-electron chi connectivity index (χ4n) is 4.45. The maximum absolute atomic E-state index is 12.5. The first-order chi connectivity index (χ1) is 17.9. The molecule has 196 valence electrons. The van der Waals surface area contributed by atoms with Gasteiger partial charge in [0.25, 0.3) is 0 Å². The number of Topliss-reactive ketones (excluding diaryl/α,β-unsaturated/α-hetero) is 1. The molecule has 3 nitrogen and oxygen atoms in total. The van der Waals surface area contributed by atoms with Crippen molar-refractivity contribution in [3.63, 3.8) is 0 Å². The molecule has 1 unspecified atom stereocenters. The Balaban J connectivity index is 1.71. The van der Waals surface area contributed by atoms with Gasteiger partial charge in [0.1, 0.15) is 0 Å². The Morgan fingerprint density at radius 3 is 2.16 bits per heavy atom. The van der Waals surface area contributed by atoms with Gasteiger partial charge in [-0.15, -0.1) is 11.8 Å². The minimum Gasteiger partial charge on any atom is -0.481 e. The number of ketones is 1. The van der Waals surface area contributed by atoms with Crippen LogP contribution in [0.15, 0.2) is 77.7 Å². The summed E-state index contributed by atoms with van der Waals surface area (Å²) in [6.45, 7) is 6.68. The van der Waals surface area contributed by atoms with E-state index < -0.39 is 5.97 Å². The molecule has 0 bridgehead atoms. The number of carboxylic acid groups (broad SMARTS) is 1. The standard InChI is InChI=1S/C33H40O3S/c1-4-5-6-7-13-32(27-17-15-26(16-18-27)31(34)12-9-14-33(35)36)37-30-21-19-25(20-22-30)29-11-8-10-28(23-29)24(2)3/h8,10-11,15-24,32H,4-7,9,12-14H2,1-3H3,(H,35,36). The van der Waals surface area contributed by atoms with E-state index in [0.717, 1.165) is 6.42 Å². The van der Waals surface area contributed by atoms with Crippen molar-refractivity contribution >= 4 is 23.5 Å². The second-order valence-electron chi connectivity index (χ2n) is 10.1. The molecule has 3 aromatic carbocycles. The van der Waals surface area contributed by atoms with E-state index in [1.807, 2.05) is 23.9 Å². The lowest BCUT2D eigenvalue weighted by Crippen LogP contribution is -2.02. The monoisotopic (exact) mass is 516 g/mol. The molecule has 3 rings (SSSR count). The zero-order chi connectivity index (χ0) is 26.6. The summed E-state index contributed by atoms with van der Waals surface area (Å²) in [5.74, 6) is -0.338. The van der Waals surface area contributed by atoms with Gasteiger partial charge < -0.3 is 5.11 Å². The van der Waals surface area contributed by atoms with E-state index in [-0.39, 0.29) is 18.6 Å². The van der Waals surface area contributed by atoms with Gasteiger partial charge in [-0.3, -0.25) is 9.59 Å². The van der Waals surface area contributed by atoms with Crippen molar-refractivity contribution in [1.82, 2.24) is 0 Å². The average Bonchev–Trinajstić information content (AvgIpc) is 2.90. The maximum atomic E-state index is 12.5. The fraction of sp³-hybridized carbons (Fsp3) is 0.394. The molecule has 1 atom stereocenters. The highest BCUT2D eigenvalue weighted by Gasteiger charge is 2.15. The number of hydrogen-bond acceptors (Lipinski definition) is 3. The first-order valence-electron chi connectivity index (χ1n) is 13.6. The number of rotatable bonds is 15. The quantitative estimate of drug-likeness (QED) is 0.124. The number of aliphatic carboxylic acids is 1. The van der Waals surface area contributed by atoms with Crippen LogP contribution in [0.2, 0.25) is 0 Å². The molecule has 0 radical (unpaired) electrons. The summed E-state index contributed by atoms with van der Waals surface area (Å²) >= 11 is 1.89. The van der Waals surface area contributed by atoms with Crippen molar-refractivity contribution in [1.29, 1.82) is 0 Å². The number of carbonyl (C=O) groups is 2. The summed E-state index contributed by atoms with van der Waals surface area (Å²) in [5.41, 5.74) is 5.74. The molecule has 0 spiro atoms. The zero-order valence-corrected chi connectivity index (χ0v) is 23.2. The maximum Gasteiger partial charge on any atom is 0.303 e. The number of carbonyl (C=O) groups excluding carboxylic acids is 1. The molecule has 37 heavy (non-hydrogen) atoms. The van der Waals surface area contributed by atoms with Crippen molar-refractivity contribution in [3.05, 3.63) is 89.5 Å². The fourth-order valence-corrected chi connectivity index (χ4v) is 5.65. The van der Waals surface area contributed by atoms with E-state index >= 15 is 0 Å². The highest BCUT2D eigenvalue weighted by molar-refractivity contribution is 7.99. The van der Waals surface area contributed by atoms with E-state index in [2.05, 4.69) is 81.4 Å². The Hall–Kier alpha value is -2.85. The van der Waals surface area contributed by atoms with Crippen LogP contribution in [0.5, 0.6) is 0 Å². The summed E-state index contributed by atoms with van der Waals surface area (Å²) < 4.78 is 0. The molecule has 0 saturated carbocycles. The number of carboxylic acids is 1. The summed E-state index contributed by atoms with van der Waals surface area (Å²) in [6, 6.07) is 25.6. The number of benzene rings is 3. The lowest BCUT2D eigenvalue weighted by molar-refractivity contribution is -0.137. The van der Waals surface area contributed by atoms with Crippen LogP contribution in [0, 0.1) is 0 Å². The van der Waals surface area contributed by atoms with Gasteiger partial charge in [0, 0.05) is 28.6 Å². The van der Waals surface area contributed by atoms with Crippen LogP contribution in [-0.2, 0) is 4.79 Å². The van der Waals surface area contributed by atoms with E-state index in [9.17, 15) is 9.59 Å². The van der Waals surface area contributed by atoms with Crippen LogP contribution in [0.3, 0.4) is 0 Å². The predicted molar refractivity (Wildman–Crippen MR) is 156 cm³/mol. The SMILES string of the molecule is CCCCCCC(Sc1ccc(-c2cccc(C(C)C)c2)cc1)c1ccc(C(=O)CCCC(=O)O)cc1. The highest BCUT2D eigenvalue weighted by atomic mass is 32.2. The van der Waals surface area contributed by atoms with Crippen molar-refractivity contribution in [2.45, 2.75) is 88.2 Å². The third-order valence-corrected chi connectivity index (χ3v) is 8.07. The Kier molecular flexibility index (Phi) is 11.5. The Bertz CT molecular complexity index is 1130. The van der Waals surface area contributed by atoms with E-state index in [0.29, 0.717) is 23.2 Å². The van der Waals surface area contributed by atoms with Crippen LogP contribution in [-0.4, -0.2) is 16.9 Å². The van der Waals surface area contributed by atoms with Crippen molar-refractivity contribution in [2.75, 3.05) is 0 Å². The topological polar surface area (TPSA) is 54.4 Å². The molecule has 0 amide bonds. The highest BCUT2D eigenvalue weighted by Crippen LogP contribution is 2.40. The summed E-state index contributed by atoms with van der Waals surface area (Å²) in [4.78, 5) is 24.4. The smallest absolute Gasteiger partial charge is 0.303 e. The van der Waals surface area contributed by atoms with Gasteiger partial charge in [-0.2, -0.15) is 0 Å². The second-order valence-corrected chi connectivity index (χ2v) is 11.3. The van der Waals surface area contributed by atoms with Crippen LogP contribution < -0.4 is 0 Å². The Morgan fingerprint density at radius 1 is 0.784 bits per heavy atom. The van der Waals surface area contributed by atoms with Crippen LogP contribution in [0.1, 0.15) is 105 Å². The average molecular weight is 517 g/mol. The largest absolute Gasteiger partial charge is 0.481 e. The minimum atomic E-state index is -0.858. The summed E-state index contributed by atoms with van der Waals surface area (Å²) in [5, 5.41) is 9.13. The molecule has 1 N–H and O–H groups in total. The Labute approximate surface area is 226 Å².